The summed E-state index contributed by atoms with van der Waals surface area (Å²) in [6, 6.07) is 0.226. The number of hydrogen-bond acceptors (Lipinski definition) is 4. The second kappa shape index (κ2) is 5.14. The van der Waals surface area contributed by atoms with Crippen molar-refractivity contribution < 1.29 is 0 Å². The molecule has 0 spiro atoms. The lowest BCUT2D eigenvalue weighted by atomic mass is 9.93. The summed E-state index contributed by atoms with van der Waals surface area (Å²) in [5.41, 5.74) is 7.75. The molecule has 4 heteroatoms. The molecule has 0 radical (unpaired) electrons. The summed E-state index contributed by atoms with van der Waals surface area (Å²) in [4.78, 5) is 4.75. The Morgan fingerprint density at radius 1 is 1.50 bits per heavy atom. The molecule has 1 aromatic heterocycles. The van der Waals surface area contributed by atoms with Gasteiger partial charge in [0.1, 0.15) is 0 Å². The first kappa shape index (κ1) is 14.4. The normalized spacial score (nSPS) is 26.5. The van der Waals surface area contributed by atoms with Gasteiger partial charge >= 0.3 is 0 Å². The molecule has 2 N–H and O–H groups in total. The van der Waals surface area contributed by atoms with E-state index in [2.05, 4.69) is 33.1 Å². The van der Waals surface area contributed by atoms with Crippen LogP contribution in [-0.2, 0) is 11.8 Å². The lowest BCUT2D eigenvalue weighted by Crippen LogP contribution is -2.42. The van der Waals surface area contributed by atoms with Gasteiger partial charge in [0.2, 0.25) is 0 Å². The number of aromatic nitrogens is 1. The van der Waals surface area contributed by atoms with Crippen molar-refractivity contribution in [2.24, 2.45) is 5.73 Å². The largest absolute Gasteiger partial charge is 0.326 e. The first-order valence-corrected chi connectivity index (χ1v) is 8.52. The Hall–Kier alpha value is -0.0600. The van der Waals surface area contributed by atoms with Crippen LogP contribution >= 0.6 is 23.1 Å². The molecular formula is C14H24N2S2. The summed E-state index contributed by atoms with van der Waals surface area (Å²) >= 11 is 3.80. The van der Waals surface area contributed by atoms with E-state index in [1.807, 2.05) is 11.8 Å². The summed E-state index contributed by atoms with van der Waals surface area (Å²) in [5.74, 6) is 1.26. The second-order valence-electron chi connectivity index (χ2n) is 6.45. The summed E-state index contributed by atoms with van der Waals surface area (Å²) in [7, 11) is 0. The van der Waals surface area contributed by atoms with E-state index in [1.165, 1.54) is 29.3 Å². The van der Waals surface area contributed by atoms with E-state index in [0.717, 1.165) is 6.42 Å². The second-order valence-corrected chi connectivity index (χ2v) is 9.02. The number of hydrogen-bond donors (Lipinski definition) is 1. The average Bonchev–Trinajstić information content (AvgIpc) is 2.86. The van der Waals surface area contributed by atoms with Crippen LogP contribution in [0.3, 0.4) is 0 Å². The van der Waals surface area contributed by atoms with Crippen LogP contribution in [0.25, 0.3) is 0 Å². The smallest absolute Gasteiger partial charge is 0.0944 e. The molecule has 2 unspecified atom stereocenters. The van der Waals surface area contributed by atoms with Crippen molar-refractivity contribution in [3.8, 4) is 0 Å². The number of thioether (sulfide) groups is 1. The maximum Gasteiger partial charge on any atom is 0.0944 e. The molecule has 0 bridgehead atoms. The van der Waals surface area contributed by atoms with E-state index in [1.54, 1.807) is 11.3 Å². The minimum Gasteiger partial charge on any atom is -0.326 e. The Bertz CT molecular complexity index is 400. The third-order valence-corrected chi connectivity index (χ3v) is 6.28. The Kier molecular flexibility index (Phi) is 4.10. The van der Waals surface area contributed by atoms with Gasteiger partial charge in [0.15, 0.2) is 0 Å². The van der Waals surface area contributed by atoms with Gasteiger partial charge in [0.25, 0.3) is 0 Å². The third-order valence-electron chi connectivity index (χ3n) is 3.75. The van der Waals surface area contributed by atoms with Crippen molar-refractivity contribution in [3.63, 3.8) is 0 Å². The molecule has 18 heavy (non-hydrogen) atoms. The van der Waals surface area contributed by atoms with Crippen LogP contribution in [0, 0.1) is 0 Å². The molecule has 1 aliphatic rings. The summed E-state index contributed by atoms with van der Waals surface area (Å²) in [5, 5.41) is 3.38. The summed E-state index contributed by atoms with van der Waals surface area (Å²) in [6.45, 7) is 8.94. The molecule has 102 valence electrons. The van der Waals surface area contributed by atoms with Crippen molar-refractivity contribution >= 4 is 23.1 Å². The van der Waals surface area contributed by atoms with E-state index in [4.69, 9.17) is 10.7 Å². The molecule has 1 fully saturated rings. The van der Waals surface area contributed by atoms with Gasteiger partial charge in [-0.1, -0.05) is 20.8 Å². The van der Waals surface area contributed by atoms with Gasteiger partial charge in [-0.05, 0) is 25.5 Å². The van der Waals surface area contributed by atoms with Crippen molar-refractivity contribution in [1.82, 2.24) is 4.98 Å². The van der Waals surface area contributed by atoms with E-state index < -0.39 is 0 Å². The monoisotopic (exact) mass is 284 g/mol. The fraction of sp³-hybridized carbons (Fsp3) is 0.786. The molecule has 0 aliphatic carbocycles. The first-order valence-electron chi connectivity index (χ1n) is 6.66. The molecule has 0 amide bonds. The fourth-order valence-corrected chi connectivity index (χ4v) is 4.67. The van der Waals surface area contributed by atoms with Crippen molar-refractivity contribution in [1.29, 1.82) is 0 Å². The Balaban J connectivity index is 2.03. The summed E-state index contributed by atoms with van der Waals surface area (Å²) in [6.07, 6.45) is 3.47. The van der Waals surface area contributed by atoms with E-state index in [9.17, 15) is 0 Å². The fourth-order valence-electron chi connectivity index (χ4n) is 2.25. The van der Waals surface area contributed by atoms with Crippen LogP contribution in [0.5, 0.6) is 0 Å². The Morgan fingerprint density at radius 2 is 2.22 bits per heavy atom. The number of nitrogens with two attached hydrogens (primary N) is 1. The topological polar surface area (TPSA) is 38.9 Å². The van der Waals surface area contributed by atoms with Crippen LogP contribution in [0.4, 0.5) is 0 Å². The Morgan fingerprint density at radius 3 is 2.72 bits per heavy atom. The molecule has 2 nitrogen and oxygen atoms in total. The lowest BCUT2D eigenvalue weighted by Gasteiger charge is -2.29. The predicted octanol–water partition coefficient (Wildman–Crippen LogP) is 3.60. The van der Waals surface area contributed by atoms with Crippen LogP contribution in [0.1, 0.15) is 51.2 Å². The van der Waals surface area contributed by atoms with Crippen molar-refractivity contribution in [2.75, 3.05) is 5.75 Å². The predicted molar refractivity (Wildman–Crippen MR) is 82.6 cm³/mol. The van der Waals surface area contributed by atoms with E-state index in [-0.39, 0.29) is 16.2 Å². The SMILES string of the molecule is CC(C)(C)c1csc(CC(N)C2(C)CCCS2)n1. The van der Waals surface area contributed by atoms with Crippen LogP contribution in [-0.4, -0.2) is 21.5 Å². The van der Waals surface area contributed by atoms with Gasteiger partial charge in [0.05, 0.1) is 10.7 Å². The molecule has 1 aromatic rings. The van der Waals surface area contributed by atoms with Gasteiger partial charge in [-0.3, -0.25) is 0 Å². The first-order chi connectivity index (χ1) is 8.31. The maximum absolute atomic E-state index is 6.41. The van der Waals surface area contributed by atoms with Crippen LogP contribution < -0.4 is 5.73 Å². The van der Waals surface area contributed by atoms with Gasteiger partial charge in [-0.25, -0.2) is 4.98 Å². The van der Waals surface area contributed by atoms with Gasteiger partial charge in [0, 0.05) is 28.0 Å². The lowest BCUT2D eigenvalue weighted by molar-refractivity contribution is 0.480. The highest BCUT2D eigenvalue weighted by molar-refractivity contribution is 8.00. The molecule has 0 aromatic carbocycles. The highest BCUT2D eigenvalue weighted by Gasteiger charge is 2.36. The zero-order chi connectivity index (χ0) is 13.4. The number of rotatable bonds is 3. The van der Waals surface area contributed by atoms with E-state index >= 15 is 0 Å². The standard InChI is InChI=1S/C14H24N2S2/c1-13(2,3)11-9-17-12(16-11)8-10(15)14(4)6-5-7-18-14/h9-10H,5-8,15H2,1-4H3. The highest BCUT2D eigenvalue weighted by atomic mass is 32.2. The molecule has 2 heterocycles. The highest BCUT2D eigenvalue weighted by Crippen LogP contribution is 2.40. The zero-order valence-electron chi connectivity index (χ0n) is 11.8. The van der Waals surface area contributed by atoms with Gasteiger partial charge in [-0.2, -0.15) is 11.8 Å². The van der Waals surface area contributed by atoms with Crippen molar-refractivity contribution in [3.05, 3.63) is 16.1 Å². The minimum absolute atomic E-state index is 0.144. The third kappa shape index (κ3) is 3.09. The van der Waals surface area contributed by atoms with Crippen molar-refractivity contribution in [2.45, 2.75) is 63.2 Å². The van der Waals surface area contributed by atoms with Gasteiger partial charge in [-0.15, -0.1) is 11.3 Å². The van der Waals surface area contributed by atoms with E-state index in [0.29, 0.717) is 0 Å². The molecular weight excluding hydrogens is 260 g/mol. The molecule has 1 aliphatic heterocycles. The average molecular weight is 284 g/mol. The van der Waals surface area contributed by atoms with Gasteiger partial charge < -0.3 is 5.73 Å². The maximum atomic E-state index is 6.41. The quantitative estimate of drug-likeness (QED) is 0.922. The minimum atomic E-state index is 0.144. The molecule has 2 atom stereocenters. The molecule has 2 rings (SSSR count). The van der Waals surface area contributed by atoms with Crippen LogP contribution in [0.15, 0.2) is 5.38 Å². The Labute approximate surface area is 119 Å². The zero-order valence-corrected chi connectivity index (χ0v) is 13.5. The molecule has 0 saturated carbocycles. The van der Waals surface area contributed by atoms with Crippen LogP contribution in [0.2, 0.25) is 0 Å². The number of thiazole rings is 1. The number of nitrogens with zero attached hydrogens (tertiary/aromatic N) is 1. The summed E-state index contributed by atoms with van der Waals surface area (Å²) < 4.78 is 0.258. The molecule has 1 saturated heterocycles.